The molecule has 2 heterocycles. The molecule has 0 aromatic carbocycles. The van der Waals surface area contributed by atoms with Crippen molar-refractivity contribution in [2.75, 3.05) is 0 Å². The van der Waals surface area contributed by atoms with Crippen LogP contribution >= 0.6 is 0 Å². The molecule has 0 saturated heterocycles. The second kappa shape index (κ2) is 4.79. The van der Waals surface area contributed by atoms with Gasteiger partial charge in [-0.1, -0.05) is 6.20 Å². The Morgan fingerprint density at radius 3 is 3.00 bits per heavy atom. The maximum atomic E-state index is 4.12. The van der Waals surface area contributed by atoms with E-state index in [4.69, 9.17) is 0 Å². The third-order valence-electron chi connectivity index (χ3n) is 1.50. The number of H-pyrrole nitrogens is 1. The van der Waals surface area contributed by atoms with Crippen molar-refractivity contribution in [3.8, 4) is 0 Å². The molecule has 5 heteroatoms. The van der Waals surface area contributed by atoms with Crippen molar-refractivity contribution in [1.82, 2.24) is 20.4 Å². The van der Waals surface area contributed by atoms with Crippen LogP contribution in [0.3, 0.4) is 0 Å². The van der Waals surface area contributed by atoms with Gasteiger partial charge in [-0.2, -0.15) is 21.5 Å². The van der Waals surface area contributed by atoms with Crippen molar-refractivity contribution in [3.05, 3.63) is 42.0 Å². The van der Waals surface area contributed by atoms with E-state index in [1.165, 1.54) is 0 Å². The minimum atomic E-state index is 0. The molecule has 0 bridgehead atoms. The SMILES string of the molecule is [HH].[V].[c-]1ccc(Cc2cn[nH]n2)nc1. The number of nitrogens with one attached hydrogen (secondary N) is 1. The molecule has 2 aromatic rings. The zero-order valence-corrected chi connectivity index (χ0v) is 8.20. The zero-order chi connectivity index (χ0) is 8.23. The fourth-order valence-corrected chi connectivity index (χ4v) is 0.951. The molecule has 0 atom stereocenters. The van der Waals surface area contributed by atoms with Crippen LogP contribution in [-0.4, -0.2) is 20.4 Å². The number of hydrogen-bond donors (Lipinski definition) is 1. The molecule has 0 aliphatic heterocycles. The van der Waals surface area contributed by atoms with Crippen LogP contribution in [-0.2, 0) is 25.0 Å². The van der Waals surface area contributed by atoms with E-state index >= 15 is 0 Å². The smallest absolute Gasteiger partial charge is 0.0868 e. The van der Waals surface area contributed by atoms with Gasteiger partial charge in [0.05, 0.1) is 11.9 Å². The van der Waals surface area contributed by atoms with Gasteiger partial charge in [-0.25, -0.2) is 12.1 Å². The van der Waals surface area contributed by atoms with E-state index in [9.17, 15) is 0 Å². The average molecular weight is 212 g/mol. The van der Waals surface area contributed by atoms with Crippen LogP contribution in [0.4, 0.5) is 0 Å². The molecule has 1 radical (unpaired) electrons. The fraction of sp³-hybridized carbons (Fsp3) is 0.125. The van der Waals surface area contributed by atoms with E-state index in [0.717, 1.165) is 11.4 Å². The Bertz CT molecular complexity index is 338. The topological polar surface area (TPSA) is 54.5 Å². The number of aromatic amines is 1. The molecule has 2 rings (SSSR count). The Morgan fingerprint density at radius 2 is 2.38 bits per heavy atom. The maximum absolute atomic E-state index is 4.12. The third kappa shape index (κ3) is 2.68. The predicted octanol–water partition coefficient (Wildman–Crippen LogP) is 0.834. The molecule has 0 fully saturated rings. The number of pyridine rings is 1. The van der Waals surface area contributed by atoms with E-state index in [0.29, 0.717) is 6.42 Å². The summed E-state index contributed by atoms with van der Waals surface area (Å²) in [5.74, 6) is 0. The summed E-state index contributed by atoms with van der Waals surface area (Å²) < 4.78 is 0. The first-order valence-corrected chi connectivity index (χ1v) is 3.61. The monoisotopic (exact) mass is 212 g/mol. The standard InChI is InChI=1S/C8H7N4.V.H2/c1-2-4-9-7(3-1)5-8-6-10-12-11-8;;/h1,3-4,6H,5H2,(H,10,11,12);;1H/q-1;;. The number of nitrogens with zero attached hydrogens (tertiary/aromatic N) is 3. The van der Waals surface area contributed by atoms with Crippen molar-refractivity contribution in [1.29, 1.82) is 0 Å². The first kappa shape index (κ1) is 9.96. The van der Waals surface area contributed by atoms with Crippen LogP contribution < -0.4 is 0 Å². The summed E-state index contributed by atoms with van der Waals surface area (Å²) in [5, 5.41) is 10.2. The van der Waals surface area contributed by atoms with Gasteiger partial charge in [0.1, 0.15) is 0 Å². The van der Waals surface area contributed by atoms with Gasteiger partial charge in [0, 0.05) is 26.4 Å². The number of hydrogen-bond acceptors (Lipinski definition) is 3. The van der Waals surface area contributed by atoms with Crippen molar-refractivity contribution < 1.29 is 20.0 Å². The second-order valence-electron chi connectivity index (χ2n) is 2.39. The van der Waals surface area contributed by atoms with Gasteiger partial charge in [-0.05, 0) is 5.69 Å². The van der Waals surface area contributed by atoms with E-state index in [1.54, 1.807) is 12.4 Å². The Kier molecular flexibility index (Phi) is 3.67. The van der Waals surface area contributed by atoms with Crippen LogP contribution in [0, 0.1) is 6.07 Å². The molecule has 13 heavy (non-hydrogen) atoms. The minimum Gasteiger partial charge on any atom is -0.300 e. The summed E-state index contributed by atoms with van der Waals surface area (Å²) in [6.45, 7) is 0. The van der Waals surface area contributed by atoms with Crippen LogP contribution in [0.2, 0.25) is 0 Å². The minimum absolute atomic E-state index is 0. The second-order valence-corrected chi connectivity index (χ2v) is 2.39. The van der Waals surface area contributed by atoms with Crippen molar-refractivity contribution in [3.63, 3.8) is 0 Å². The summed E-state index contributed by atoms with van der Waals surface area (Å²) in [7, 11) is 0. The fourth-order valence-electron chi connectivity index (χ4n) is 0.951. The van der Waals surface area contributed by atoms with Crippen molar-refractivity contribution in [2.24, 2.45) is 0 Å². The van der Waals surface area contributed by atoms with E-state index < -0.39 is 0 Å². The Balaban J connectivity index is 0.000000845. The molecule has 4 nitrogen and oxygen atoms in total. The molecule has 0 amide bonds. The average Bonchev–Trinajstić information content (AvgIpc) is 2.59. The van der Waals surface area contributed by atoms with Gasteiger partial charge in [-0.3, -0.25) is 0 Å². The summed E-state index contributed by atoms with van der Waals surface area (Å²) in [6, 6.07) is 6.60. The molecular weight excluding hydrogens is 203 g/mol. The van der Waals surface area contributed by atoms with Gasteiger partial charge in [0.2, 0.25) is 0 Å². The maximum Gasteiger partial charge on any atom is 0.0868 e. The molecule has 0 aliphatic carbocycles. The number of rotatable bonds is 2. The van der Waals surface area contributed by atoms with Crippen molar-refractivity contribution >= 4 is 0 Å². The summed E-state index contributed by atoms with van der Waals surface area (Å²) in [5.41, 5.74) is 1.87. The van der Waals surface area contributed by atoms with E-state index in [1.807, 2.05) is 12.1 Å². The summed E-state index contributed by atoms with van der Waals surface area (Å²) in [4.78, 5) is 4.12. The largest absolute Gasteiger partial charge is 0.300 e. The molecule has 0 unspecified atom stereocenters. The van der Waals surface area contributed by atoms with Crippen LogP contribution in [0.25, 0.3) is 0 Å². The normalized spacial score (nSPS) is 9.23. The van der Waals surface area contributed by atoms with Gasteiger partial charge < -0.3 is 4.98 Å². The van der Waals surface area contributed by atoms with Gasteiger partial charge in [0.15, 0.2) is 0 Å². The summed E-state index contributed by atoms with van der Waals surface area (Å²) >= 11 is 0. The molecule has 67 valence electrons. The van der Waals surface area contributed by atoms with Gasteiger partial charge in [-0.15, -0.1) is 0 Å². The number of aromatic nitrogens is 4. The van der Waals surface area contributed by atoms with E-state index in [2.05, 4.69) is 26.5 Å². The molecular formula is C8H9N4V-. The summed E-state index contributed by atoms with van der Waals surface area (Å²) in [6.07, 6.45) is 4.05. The Hall–Kier alpha value is -1.13. The van der Waals surface area contributed by atoms with Crippen LogP contribution in [0.1, 0.15) is 12.8 Å². The molecule has 1 N–H and O–H groups in total. The molecule has 0 saturated carbocycles. The third-order valence-corrected chi connectivity index (χ3v) is 1.50. The van der Waals surface area contributed by atoms with E-state index in [-0.39, 0.29) is 20.0 Å². The van der Waals surface area contributed by atoms with Crippen LogP contribution in [0.5, 0.6) is 0 Å². The molecule has 0 spiro atoms. The van der Waals surface area contributed by atoms with Crippen molar-refractivity contribution in [2.45, 2.75) is 6.42 Å². The van der Waals surface area contributed by atoms with Gasteiger partial charge >= 0.3 is 0 Å². The first-order valence-electron chi connectivity index (χ1n) is 3.61. The van der Waals surface area contributed by atoms with Gasteiger partial charge in [0.25, 0.3) is 0 Å². The van der Waals surface area contributed by atoms with Crippen LogP contribution in [0.15, 0.2) is 24.5 Å². The quantitative estimate of drug-likeness (QED) is 0.750. The Labute approximate surface area is 89.2 Å². The molecule has 2 aromatic heterocycles. The first-order chi connectivity index (χ1) is 5.95. The molecule has 0 aliphatic rings. The Morgan fingerprint density at radius 1 is 1.46 bits per heavy atom. The zero-order valence-electron chi connectivity index (χ0n) is 6.81. The predicted molar refractivity (Wildman–Crippen MR) is 44.4 cm³/mol.